The summed E-state index contributed by atoms with van der Waals surface area (Å²) >= 11 is 0. The fourth-order valence-corrected chi connectivity index (χ4v) is 0. The van der Waals surface area contributed by atoms with E-state index in [0.717, 1.165) is 0 Å². The molecule has 0 bridgehead atoms. The molecular weight excluding hydrogens is 76.0 g/mol. The van der Waals surface area contributed by atoms with Crippen molar-refractivity contribution in [2.45, 2.75) is 0 Å². The highest BCUT2D eigenvalue weighted by atomic mass is 16.6. The van der Waals surface area contributed by atoms with Crippen LogP contribution in [0.3, 0.4) is 0 Å². The highest BCUT2D eigenvalue weighted by molar-refractivity contribution is 5.53. The zero-order valence-corrected chi connectivity index (χ0v) is 2.21. The predicted octanol–water partition coefficient (Wildman–Crippen LogP) is -0.602. The fourth-order valence-electron chi connectivity index (χ4n) is 0. The Bertz CT molecular complexity index is 41.0. The first kappa shape index (κ1) is 2.47. The summed E-state index contributed by atoms with van der Waals surface area (Å²) < 4.78 is 10.8. The van der Waals surface area contributed by atoms with Gasteiger partial charge in [-0.15, -0.1) is 0 Å². The van der Waals surface area contributed by atoms with Crippen LogP contribution < -0.4 is 0 Å². The van der Waals surface area contributed by atoms with Gasteiger partial charge in [0.25, 0.3) is 0 Å². The maximum Gasteiger partial charge on any atom is 0.503 e. The van der Waals surface area contributed by atoms with Gasteiger partial charge in [-0.2, -0.15) is 0 Å². The molecule has 0 fully saturated rings. The van der Waals surface area contributed by atoms with Crippen molar-refractivity contribution in [3.63, 3.8) is 0 Å². The monoisotopic (exact) mass is 82.0 g/mol. The second-order valence-electron chi connectivity index (χ2n) is 0.283. The number of carbonyl (C=O) groups is 1. The Morgan fingerprint density at radius 3 is 2.00 bits per heavy atom. The van der Waals surface area contributed by atoms with Crippen LogP contribution in [0.2, 0.25) is 0 Å². The summed E-state index contributed by atoms with van der Waals surface area (Å²) in [7, 11) is 0. The highest BCUT2D eigenvalue weighted by Crippen LogP contribution is 1.42. The van der Waals surface area contributed by atoms with Crippen LogP contribution in [-0.4, -0.2) is 24.7 Å². The summed E-state index contributed by atoms with van der Waals surface area (Å²) in [5.41, 5.74) is 2.75. The van der Waals surface area contributed by atoms with Gasteiger partial charge < -0.3 is 15.7 Å². The Hall–Kier alpha value is -0.770. The molecular formula is CH4O4. The lowest BCUT2D eigenvalue weighted by Crippen LogP contribution is -1.81. The normalized spacial score (nSPS) is 8.80. The Morgan fingerprint density at radius 2 is 2.00 bits per heavy atom. The van der Waals surface area contributed by atoms with E-state index in [4.69, 9.17) is 17.9 Å². The molecule has 32 valence electrons. The van der Waals surface area contributed by atoms with Gasteiger partial charge in [-0.05, 0) is 0 Å². The third kappa shape index (κ3) is 8.24. The first-order chi connectivity index (χ1) is 3.15. The molecule has 5 heavy (non-hydrogen) atoms. The van der Waals surface area contributed by atoms with Crippen molar-refractivity contribution in [3.8, 4) is 0 Å². The van der Waals surface area contributed by atoms with E-state index in [9.17, 15) is 0 Å². The topological polar surface area (TPSA) is 89.0 Å². The van der Waals surface area contributed by atoms with Gasteiger partial charge in [0, 0.05) is 0 Å². The third-order valence-corrected chi connectivity index (χ3v) is 0. The Kier molecular flexibility index (Phi) is 1.59. The number of rotatable bonds is 0. The quantitative estimate of drug-likeness (QED) is 0.408. The van der Waals surface area contributed by atoms with Crippen LogP contribution in [0.4, 0.5) is 4.79 Å². The van der Waals surface area contributed by atoms with Crippen LogP contribution in [0.15, 0.2) is 0 Å². The molecule has 0 aliphatic heterocycles. The second kappa shape index (κ2) is 3.23. The van der Waals surface area contributed by atoms with Crippen LogP contribution in [0.1, 0.15) is 0 Å². The average molecular weight is 82.1 g/mol. The van der Waals surface area contributed by atoms with E-state index in [1.54, 1.807) is 0 Å². The summed E-state index contributed by atoms with van der Waals surface area (Å²) in [6, 6.07) is 0. The molecule has 0 heterocycles. The highest BCUT2D eigenvalue weighted by Gasteiger charge is 1.70. The lowest BCUT2D eigenvalue weighted by Gasteiger charge is -1.60. The van der Waals surface area contributed by atoms with E-state index >= 15 is 0 Å². The van der Waals surface area contributed by atoms with Crippen LogP contribution in [-0.2, 0) is 0 Å². The SMILES string of the molecule is O=C(O)O.[2H]O[2H]. The van der Waals surface area contributed by atoms with Gasteiger partial charge in [0.15, 0.2) is 0 Å². The largest absolute Gasteiger partial charge is 0.503 e. The predicted molar refractivity (Wildman–Crippen MR) is 14.3 cm³/mol. The van der Waals surface area contributed by atoms with Gasteiger partial charge >= 0.3 is 6.16 Å². The minimum Gasteiger partial charge on any atom is -0.450 e. The van der Waals surface area contributed by atoms with Gasteiger partial charge in [-0.3, -0.25) is 0 Å². The first-order valence-electron chi connectivity index (χ1n) is 1.47. The Labute approximate surface area is 31.0 Å². The molecule has 0 amide bonds. The van der Waals surface area contributed by atoms with E-state index in [-0.39, 0.29) is 0 Å². The van der Waals surface area contributed by atoms with Crippen LogP contribution in [0.25, 0.3) is 0 Å². The van der Waals surface area contributed by atoms with Gasteiger partial charge in [-0.25, -0.2) is 4.79 Å². The van der Waals surface area contributed by atoms with Crippen molar-refractivity contribution in [3.05, 3.63) is 0 Å². The molecule has 0 rings (SSSR count). The summed E-state index contributed by atoms with van der Waals surface area (Å²) in [6.45, 7) is 0. The van der Waals surface area contributed by atoms with Crippen molar-refractivity contribution in [2.24, 2.45) is 0 Å². The molecule has 4 N–H and O–H groups in total. The lowest BCUT2D eigenvalue weighted by molar-refractivity contribution is 0.137. The standard InChI is InChI=1S/CH2O3.H2O/c2-1(3)4;/h(H2,2,3,4);1H2/i/hD2. The number of hydrogen-bond acceptors (Lipinski definition) is 1. The maximum atomic E-state index is 8.56. The number of hydrogen-bond donors (Lipinski definition) is 2. The van der Waals surface area contributed by atoms with Crippen molar-refractivity contribution in [1.82, 2.24) is 0 Å². The molecule has 0 aliphatic carbocycles. The smallest absolute Gasteiger partial charge is 0.450 e. The summed E-state index contributed by atoms with van der Waals surface area (Å²) in [5.74, 6) is 0. The van der Waals surface area contributed by atoms with Crippen molar-refractivity contribution in [2.75, 3.05) is 0 Å². The molecule has 0 aromatic heterocycles. The van der Waals surface area contributed by atoms with E-state index in [1.807, 2.05) is 0 Å². The van der Waals surface area contributed by atoms with E-state index < -0.39 is 6.16 Å². The molecule has 0 atom stereocenters. The zero-order valence-electron chi connectivity index (χ0n) is 4.21. The second-order valence-corrected chi connectivity index (χ2v) is 0.283. The fraction of sp³-hybridized carbons (Fsp3) is 0. The van der Waals surface area contributed by atoms with Gasteiger partial charge in [0.2, 0.25) is 2.86 Å². The molecule has 0 unspecified atom stereocenters. The van der Waals surface area contributed by atoms with E-state index in [1.165, 1.54) is 0 Å². The van der Waals surface area contributed by atoms with Gasteiger partial charge in [0.1, 0.15) is 0 Å². The lowest BCUT2D eigenvalue weighted by atomic mass is 11.5. The van der Waals surface area contributed by atoms with Gasteiger partial charge in [0.05, 0.1) is 0 Å². The van der Waals surface area contributed by atoms with Crippen LogP contribution in [0.5, 0.6) is 0 Å². The molecule has 0 saturated carbocycles. The minimum absolute atomic E-state index is 1.83. The van der Waals surface area contributed by atoms with Gasteiger partial charge in [-0.1, -0.05) is 0 Å². The molecule has 4 heteroatoms. The molecule has 0 spiro atoms. The average Bonchev–Trinajstić information content (AvgIpc) is 1.33. The molecule has 0 saturated heterocycles. The summed E-state index contributed by atoms with van der Waals surface area (Å²) in [6.07, 6.45) is -1.83. The van der Waals surface area contributed by atoms with Crippen molar-refractivity contribution < 1.29 is 20.5 Å². The molecule has 0 aromatic carbocycles. The van der Waals surface area contributed by atoms with Crippen LogP contribution in [0, 0.1) is 0 Å². The van der Waals surface area contributed by atoms with Crippen molar-refractivity contribution >= 4 is 6.16 Å². The summed E-state index contributed by atoms with van der Waals surface area (Å²) in [5, 5.41) is 13.9. The number of carboxylic acid groups (broad SMARTS) is 2. The first-order valence-corrected chi connectivity index (χ1v) is 0.651. The Balaban J connectivity index is 0. The maximum absolute atomic E-state index is 8.56. The molecule has 4 nitrogen and oxygen atoms in total. The van der Waals surface area contributed by atoms with Crippen molar-refractivity contribution in [1.29, 1.82) is 2.86 Å². The third-order valence-electron chi connectivity index (χ3n) is 0. The Morgan fingerprint density at radius 1 is 2.00 bits per heavy atom. The van der Waals surface area contributed by atoms with E-state index in [2.05, 4.69) is 5.48 Å². The summed E-state index contributed by atoms with van der Waals surface area (Å²) in [4.78, 5) is 8.56. The molecule has 0 radical (unpaired) electrons. The molecule has 0 aliphatic rings. The van der Waals surface area contributed by atoms with Crippen LogP contribution >= 0.6 is 0 Å². The molecule has 0 aromatic rings. The van der Waals surface area contributed by atoms with E-state index in [0.29, 0.717) is 0 Å². The zero-order chi connectivity index (χ0) is 6.28. The minimum atomic E-state index is -1.83.